The van der Waals surface area contributed by atoms with Crippen LogP contribution in [-0.4, -0.2) is 24.3 Å². The Morgan fingerprint density at radius 2 is 2.05 bits per heavy atom. The smallest absolute Gasteiger partial charge is 0.128 e. The third-order valence-electron chi connectivity index (χ3n) is 3.07. The molecule has 1 atom stereocenters. The summed E-state index contributed by atoms with van der Waals surface area (Å²) in [6.45, 7) is 0. The highest BCUT2D eigenvalue weighted by Gasteiger charge is 2.16. The molecule has 0 fully saturated rings. The first kappa shape index (κ1) is 14.6. The van der Waals surface area contributed by atoms with Crippen LogP contribution in [0.3, 0.4) is 0 Å². The molecule has 0 aliphatic heterocycles. The van der Waals surface area contributed by atoms with Gasteiger partial charge >= 0.3 is 0 Å². The van der Waals surface area contributed by atoms with Crippen molar-refractivity contribution in [2.75, 3.05) is 14.2 Å². The SMILES string of the molecule is COc1ccc(C(O)Cc2ccncc2Cl)c(OC)c1. The third kappa shape index (κ3) is 3.21. The number of aliphatic hydroxyl groups excluding tert-OH is 1. The van der Waals surface area contributed by atoms with E-state index >= 15 is 0 Å². The standard InChI is InChI=1S/C15H16ClNO3/c1-19-11-3-4-12(15(8-11)20-2)14(18)7-10-5-6-17-9-13(10)16/h3-6,8-9,14,18H,7H2,1-2H3. The van der Waals surface area contributed by atoms with Gasteiger partial charge in [0, 0.05) is 30.4 Å². The van der Waals surface area contributed by atoms with Crippen molar-refractivity contribution in [3.8, 4) is 11.5 Å². The van der Waals surface area contributed by atoms with Crippen LogP contribution in [0.15, 0.2) is 36.7 Å². The Bertz CT molecular complexity index is 589. The zero-order chi connectivity index (χ0) is 14.5. The van der Waals surface area contributed by atoms with Crippen LogP contribution < -0.4 is 9.47 Å². The van der Waals surface area contributed by atoms with Gasteiger partial charge in [-0.15, -0.1) is 0 Å². The molecule has 1 N–H and O–H groups in total. The molecule has 0 spiro atoms. The van der Waals surface area contributed by atoms with E-state index in [1.54, 1.807) is 50.9 Å². The van der Waals surface area contributed by atoms with Gasteiger partial charge < -0.3 is 14.6 Å². The van der Waals surface area contributed by atoms with Crippen molar-refractivity contribution in [3.05, 3.63) is 52.8 Å². The molecule has 0 saturated carbocycles. The number of ether oxygens (including phenoxy) is 2. The summed E-state index contributed by atoms with van der Waals surface area (Å²) in [5, 5.41) is 10.9. The van der Waals surface area contributed by atoms with E-state index in [0.717, 1.165) is 5.56 Å². The summed E-state index contributed by atoms with van der Waals surface area (Å²) in [6, 6.07) is 7.11. The van der Waals surface area contributed by atoms with Gasteiger partial charge in [0.15, 0.2) is 0 Å². The maximum Gasteiger partial charge on any atom is 0.128 e. The number of nitrogens with zero attached hydrogens (tertiary/aromatic N) is 1. The molecule has 20 heavy (non-hydrogen) atoms. The number of hydrogen-bond acceptors (Lipinski definition) is 4. The zero-order valence-corrected chi connectivity index (χ0v) is 12.1. The highest BCUT2D eigenvalue weighted by molar-refractivity contribution is 6.31. The van der Waals surface area contributed by atoms with E-state index in [1.807, 2.05) is 0 Å². The highest BCUT2D eigenvalue weighted by atomic mass is 35.5. The van der Waals surface area contributed by atoms with E-state index in [4.69, 9.17) is 21.1 Å². The van der Waals surface area contributed by atoms with E-state index in [9.17, 15) is 5.11 Å². The summed E-state index contributed by atoms with van der Waals surface area (Å²) >= 11 is 6.05. The Morgan fingerprint density at radius 3 is 2.70 bits per heavy atom. The second-order valence-corrected chi connectivity index (χ2v) is 4.70. The summed E-state index contributed by atoms with van der Waals surface area (Å²) in [7, 11) is 3.14. The van der Waals surface area contributed by atoms with Crippen LogP contribution in [0.25, 0.3) is 0 Å². The quantitative estimate of drug-likeness (QED) is 0.920. The molecule has 0 aliphatic rings. The molecule has 1 heterocycles. The van der Waals surface area contributed by atoms with Gasteiger partial charge in [-0.25, -0.2) is 0 Å². The average Bonchev–Trinajstić information content (AvgIpc) is 2.48. The molecule has 0 radical (unpaired) electrons. The van der Waals surface area contributed by atoms with Crippen LogP contribution in [0.5, 0.6) is 11.5 Å². The van der Waals surface area contributed by atoms with Crippen molar-refractivity contribution in [1.82, 2.24) is 4.98 Å². The number of aliphatic hydroxyl groups is 1. The zero-order valence-electron chi connectivity index (χ0n) is 11.3. The Labute approximate surface area is 122 Å². The highest BCUT2D eigenvalue weighted by Crippen LogP contribution is 2.32. The molecule has 2 rings (SSSR count). The normalized spacial score (nSPS) is 12.0. The Morgan fingerprint density at radius 1 is 1.25 bits per heavy atom. The summed E-state index contributed by atoms with van der Waals surface area (Å²) in [6.07, 6.45) is 2.90. The van der Waals surface area contributed by atoms with Gasteiger partial charge in [-0.3, -0.25) is 4.98 Å². The molecular formula is C15H16ClNO3. The summed E-state index contributed by atoms with van der Waals surface area (Å²) in [5.41, 5.74) is 1.54. The monoisotopic (exact) mass is 293 g/mol. The molecule has 4 nitrogen and oxygen atoms in total. The van der Waals surface area contributed by atoms with E-state index in [0.29, 0.717) is 28.5 Å². The first-order valence-corrected chi connectivity index (χ1v) is 6.52. The van der Waals surface area contributed by atoms with Gasteiger partial charge in [-0.05, 0) is 23.8 Å². The number of benzene rings is 1. The molecule has 1 aromatic carbocycles. The minimum Gasteiger partial charge on any atom is -0.497 e. The minimum atomic E-state index is -0.712. The van der Waals surface area contributed by atoms with Crippen molar-refractivity contribution in [3.63, 3.8) is 0 Å². The summed E-state index contributed by atoms with van der Waals surface area (Å²) in [5.74, 6) is 1.27. The van der Waals surface area contributed by atoms with Gasteiger partial charge in [-0.2, -0.15) is 0 Å². The molecule has 0 amide bonds. The fourth-order valence-corrected chi connectivity index (χ4v) is 2.18. The molecule has 1 unspecified atom stereocenters. The lowest BCUT2D eigenvalue weighted by molar-refractivity contribution is 0.174. The molecule has 106 valence electrons. The predicted octanol–water partition coefficient (Wildman–Crippen LogP) is 3.03. The van der Waals surface area contributed by atoms with Crippen molar-refractivity contribution >= 4 is 11.6 Å². The van der Waals surface area contributed by atoms with E-state index < -0.39 is 6.10 Å². The fourth-order valence-electron chi connectivity index (χ4n) is 1.98. The number of hydrogen-bond donors (Lipinski definition) is 1. The third-order valence-corrected chi connectivity index (χ3v) is 3.41. The van der Waals surface area contributed by atoms with Crippen LogP contribution in [0.4, 0.5) is 0 Å². The van der Waals surface area contributed by atoms with Crippen molar-refractivity contribution in [1.29, 1.82) is 0 Å². The number of aromatic nitrogens is 1. The molecule has 1 aromatic heterocycles. The summed E-state index contributed by atoms with van der Waals surface area (Å²) < 4.78 is 10.4. The number of methoxy groups -OCH3 is 2. The van der Waals surface area contributed by atoms with Crippen molar-refractivity contribution in [2.24, 2.45) is 0 Å². The maximum absolute atomic E-state index is 10.4. The number of halogens is 1. The minimum absolute atomic E-state index is 0.393. The van der Waals surface area contributed by atoms with Crippen LogP contribution in [-0.2, 0) is 6.42 Å². The van der Waals surface area contributed by atoms with Gasteiger partial charge in [0.25, 0.3) is 0 Å². The molecule has 0 bridgehead atoms. The fraction of sp³-hybridized carbons (Fsp3) is 0.267. The van der Waals surface area contributed by atoms with Crippen molar-refractivity contribution in [2.45, 2.75) is 12.5 Å². The molecular weight excluding hydrogens is 278 g/mol. The van der Waals surface area contributed by atoms with Gasteiger partial charge in [0.2, 0.25) is 0 Å². The molecule has 0 aliphatic carbocycles. The molecule has 0 saturated heterocycles. The van der Waals surface area contributed by atoms with Crippen LogP contribution in [0, 0.1) is 0 Å². The van der Waals surface area contributed by atoms with E-state index in [1.165, 1.54) is 0 Å². The second-order valence-electron chi connectivity index (χ2n) is 4.29. The van der Waals surface area contributed by atoms with E-state index in [-0.39, 0.29) is 0 Å². The van der Waals surface area contributed by atoms with E-state index in [2.05, 4.69) is 4.98 Å². The first-order chi connectivity index (χ1) is 9.65. The number of rotatable bonds is 5. The topological polar surface area (TPSA) is 51.6 Å². The Hall–Kier alpha value is -1.78. The molecule has 5 heteroatoms. The Kier molecular flexibility index (Phi) is 4.82. The summed E-state index contributed by atoms with van der Waals surface area (Å²) in [4.78, 5) is 3.93. The lowest BCUT2D eigenvalue weighted by Gasteiger charge is -2.16. The second kappa shape index (κ2) is 6.59. The molecule has 2 aromatic rings. The lowest BCUT2D eigenvalue weighted by Crippen LogP contribution is -2.05. The first-order valence-electron chi connectivity index (χ1n) is 6.14. The number of pyridine rings is 1. The van der Waals surface area contributed by atoms with Crippen LogP contribution in [0.2, 0.25) is 5.02 Å². The Balaban J connectivity index is 2.25. The van der Waals surface area contributed by atoms with Gasteiger partial charge in [0.1, 0.15) is 11.5 Å². The van der Waals surface area contributed by atoms with Crippen LogP contribution >= 0.6 is 11.6 Å². The predicted molar refractivity (Wildman–Crippen MR) is 77.5 cm³/mol. The average molecular weight is 294 g/mol. The van der Waals surface area contributed by atoms with Crippen molar-refractivity contribution < 1.29 is 14.6 Å². The maximum atomic E-state index is 10.4. The van der Waals surface area contributed by atoms with Gasteiger partial charge in [-0.1, -0.05) is 11.6 Å². The van der Waals surface area contributed by atoms with Crippen LogP contribution in [0.1, 0.15) is 17.2 Å². The van der Waals surface area contributed by atoms with Gasteiger partial charge in [0.05, 0.1) is 25.3 Å². The lowest BCUT2D eigenvalue weighted by atomic mass is 10.0. The largest absolute Gasteiger partial charge is 0.497 e.